The van der Waals surface area contributed by atoms with Crippen LogP contribution in [0.1, 0.15) is 25.6 Å². The number of carbonyl (C=O) groups excluding carboxylic acids is 2. The summed E-state index contributed by atoms with van der Waals surface area (Å²) in [5.74, 6) is -0.394. The lowest BCUT2D eigenvalue weighted by molar-refractivity contribution is 0.0878. The van der Waals surface area contributed by atoms with Gasteiger partial charge in [0.05, 0.1) is 15.5 Å². The van der Waals surface area contributed by atoms with E-state index in [2.05, 4.69) is 5.32 Å². The number of ether oxygens (including phenoxy) is 1. The first-order chi connectivity index (χ1) is 9.15. The Morgan fingerprint density at radius 1 is 1.16 bits per heavy atom. The predicted molar refractivity (Wildman–Crippen MR) is 71.9 cm³/mol. The third-order valence-corrected chi connectivity index (χ3v) is 3.93. The van der Waals surface area contributed by atoms with Crippen LogP contribution in [0.5, 0.6) is 5.75 Å². The molecule has 0 aliphatic carbocycles. The standard InChI is InChI=1S/C13H8ClNO3S/c14-10-5-4-7(19-10)6-18-9-3-1-2-8-11(9)13(17)15-12(8)16/h1-5H,6H2,(H,15,16,17). The van der Waals surface area contributed by atoms with Crippen molar-refractivity contribution in [1.82, 2.24) is 5.32 Å². The molecule has 0 bridgehead atoms. The Labute approximate surface area is 118 Å². The molecule has 1 aromatic heterocycles. The van der Waals surface area contributed by atoms with Crippen molar-refractivity contribution < 1.29 is 14.3 Å². The SMILES string of the molecule is O=C1NC(=O)c2c(OCc3ccc(Cl)s3)cccc21. The lowest BCUT2D eigenvalue weighted by atomic mass is 10.1. The summed E-state index contributed by atoms with van der Waals surface area (Å²) >= 11 is 7.25. The molecule has 96 valence electrons. The van der Waals surface area contributed by atoms with Gasteiger partial charge in [-0.1, -0.05) is 17.7 Å². The molecule has 19 heavy (non-hydrogen) atoms. The quantitative estimate of drug-likeness (QED) is 0.885. The van der Waals surface area contributed by atoms with Gasteiger partial charge in [0.2, 0.25) is 0 Å². The number of fused-ring (bicyclic) bond motifs is 1. The van der Waals surface area contributed by atoms with Crippen molar-refractivity contribution in [2.45, 2.75) is 6.61 Å². The van der Waals surface area contributed by atoms with Crippen LogP contribution in [0, 0.1) is 0 Å². The van der Waals surface area contributed by atoms with Crippen molar-refractivity contribution in [1.29, 1.82) is 0 Å². The maximum Gasteiger partial charge on any atom is 0.262 e. The maximum atomic E-state index is 11.7. The van der Waals surface area contributed by atoms with Crippen LogP contribution >= 0.6 is 22.9 Å². The van der Waals surface area contributed by atoms with E-state index in [9.17, 15) is 9.59 Å². The summed E-state index contributed by atoms with van der Waals surface area (Å²) < 4.78 is 6.29. The van der Waals surface area contributed by atoms with Crippen molar-refractivity contribution in [3.8, 4) is 5.75 Å². The van der Waals surface area contributed by atoms with Gasteiger partial charge in [-0.15, -0.1) is 11.3 Å². The fourth-order valence-corrected chi connectivity index (χ4v) is 2.89. The minimum absolute atomic E-state index is 0.301. The largest absolute Gasteiger partial charge is 0.487 e. The molecule has 2 aromatic rings. The van der Waals surface area contributed by atoms with E-state index in [0.717, 1.165) is 4.88 Å². The number of hydrogen-bond donors (Lipinski definition) is 1. The second kappa shape index (κ2) is 4.68. The van der Waals surface area contributed by atoms with Crippen molar-refractivity contribution in [2.24, 2.45) is 0 Å². The number of imide groups is 1. The summed E-state index contributed by atoms with van der Waals surface area (Å²) in [6.07, 6.45) is 0. The van der Waals surface area contributed by atoms with Crippen LogP contribution in [-0.2, 0) is 6.61 Å². The number of hydrogen-bond acceptors (Lipinski definition) is 4. The van der Waals surface area contributed by atoms with Gasteiger partial charge in [-0.25, -0.2) is 0 Å². The molecule has 2 heterocycles. The first kappa shape index (κ1) is 12.2. The van der Waals surface area contributed by atoms with Crippen LogP contribution in [0.25, 0.3) is 0 Å². The normalized spacial score (nSPS) is 13.3. The second-order valence-electron chi connectivity index (χ2n) is 3.96. The van der Waals surface area contributed by atoms with E-state index < -0.39 is 5.91 Å². The van der Waals surface area contributed by atoms with E-state index in [-0.39, 0.29) is 5.91 Å². The van der Waals surface area contributed by atoms with Gasteiger partial charge < -0.3 is 4.74 Å². The number of nitrogens with one attached hydrogen (secondary N) is 1. The predicted octanol–water partition coefficient (Wildman–Crippen LogP) is 2.86. The van der Waals surface area contributed by atoms with Gasteiger partial charge in [0.25, 0.3) is 11.8 Å². The van der Waals surface area contributed by atoms with Gasteiger partial charge in [0, 0.05) is 4.88 Å². The Hall–Kier alpha value is -1.85. The van der Waals surface area contributed by atoms with Crippen LogP contribution < -0.4 is 10.1 Å². The van der Waals surface area contributed by atoms with Gasteiger partial charge in [-0.05, 0) is 24.3 Å². The topological polar surface area (TPSA) is 55.4 Å². The Kier molecular flexibility index (Phi) is 3.00. The number of rotatable bonds is 3. The Bertz CT molecular complexity index is 680. The molecule has 0 atom stereocenters. The van der Waals surface area contributed by atoms with E-state index >= 15 is 0 Å². The molecule has 0 saturated heterocycles. The third-order valence-electron chi connectivity index (χ3n) is 2.72. The van der Waals surface area contributed by atoms with Crippen molar-refractivity contribution in [3.63, 3.8) is 0 Å². The number of thiophene rings is 1. The van der Waals surface area contributed by atoms with E-state index in [0.29, 0.717) is 27.8 Å². The molecule has 0 unspecified atom stereocenters. The highest BCUT2D eigenvalue weighted by atomic mass is 35.5. The molecule has 0 fully saturated rings. The van der Waals surface area contributed by atoms with Gasteiger partial charge in [-0.2, -0.15) is 0 Å². The molecule has 1 aliphatic rings. The summed E-state index contributed by atoms with van der Waals surface area (Å²) in [7, 11) is 0. The van der Waals surface area contributed by atoms with E-state index in [1.54, 1.807) is 24.3 Å². The second-order valence-corrected chi connectivity index (χ2v) is 5.76. The summed E-state index contributed by atoms with van der Waals surface area (Å²) in [5.41, 5.74) is 0.655. The summed E-state index contributed by atoms with van der Waals surface area (Å²) in [6.45, 7) is 0.315. The molecule has 0 radical (unpaired) electrons. The van der Waals surface area contributed by atoms with Crippen LogP contribution in [-0.4, -0.2) is 11.8 Å². The zero-order chi connectivity index (χ0) is 13.4. The van der Waals surface area contributed by atoms with Gasteiger partial charge in [0.15, 0.2) is 0 Å². The lowest BCUT2D eigenvalue weighted by Crippen LogP contribution is -2.20. The minimum atomic E-state index is -0.417. The Balaban J connectivity index is 1.86. The summed E-state index contributed by atoms with van der Waals surface area (Å²) in [6, 6.07) is 8.61. The first-order valence-corrected chi connectivity index (χ1v) is 6.70. The number of amides is 2. The fraction of sp³-hybridized carbons (Fsp3) is 0.0769. The zero-order valence-corrected chi connectivity index (χ0v) is 11.2. The number of carbonyl (C=O) groups is 2. The lowest BCUT2D eigenvalue weighted by Gasteiger charge is -2.07. The highest BCUT2D eigenvalue weighted by Gasteiger charge is 2.30. The van der Waals surface area contributed by atoms with Crippen LogP contribution in [0.2, 0.25) is 4.34 Å². The highest BCUT2D eigenvalue weighted by Crippen LogP contribution is 2.28. The average molecular weight is 294 g/mol. The molecule has 3 rings (SSSR count). The van der Waals surface area contributed by atoms with Crippen LogP contribution in [0.15, 0.2) is 30.3 Å². The maximum absolute atomic E-state index is 11.7. The first-order valence-electron chi connectivity index (χ1n) is 5.51. The van der Waals surface area contributed by atoms with Gasteiger partial charge >= 0.3 is 0 Å². The molecular weight excluding hydrogens is 286 g/mol. The third kappa shape index (κ3) is 2.22. The van der Waals surface area contributed by atoms with Crippen LogP contribution in [0.4, 0.5) is 0 Å². The fourth-order valence-electron chi connectivity index (χ4n) is 1.89. The molecular formula is C13H8ClNO3S. The highest BCUT2D eigenvalue weighted by molar-refractivity contribution is 7.16. The van der Waals surface area contributed by atoms with Crippen LogP contribution in [0.3, 0.4) is 0 Å². The summed E-state index contributed by atoms with van der Waals surface area (Å²) in [5, 5.41) is 2.25. The summed E-state index contributed by atoms with van der Waals surface area (Å²) in [4.78, 5) is 24.1. The van der Waals surface area contributed by atoms with Gasteiger partial charge in [0.1, 0.15) is 12.4 Å². The molecule has 4 nitrogen and oxygen atoms in total. The monoisotopic (exact) mass is 293 g/mol. The molecule has 1 aliphatic heterocycles. The smallest absolute Gasteiger partial charge is 0.262 e. The van der Waals surface area contributed by atoms with Crippen molar-refractivity contribution in [3.05, 3.63) is 50.7 Å². The molecule has 0 saturated carbocycles. The molecule has 1 N–H and O–H groups in total. The van der Waals surface area contributed by atoms with E-state index in [1.807, 2.05) is 6.07 Å². The minimum Gasteiger partial charge on any atom is -0.487 e. The van der Waals surface area contributed by atoms with E-state index in [1.165, 1.54) is 11.3 Å². The molecule has 1 aromatic carbocycles. The molecule has 0 spiro atoms. The Morgan fingerprint density at radius 3 is 2.74 bits per heavy atom. The number of benzene rings is 1. The average Bonchev–Trinajstić information content (AvgIpc) is 2.92. The van der Waals surface area contributed by atoms with E-state index in [4.69, 9.17) is 16.3 Å². The zero-order valence-electron chi connectivity index (χ0n) is 9.60. The number of halogens is 1. The van der Waals surface area contributed by atoms with Crippen molar-refractivity contribution in [2.75, 3.05) is 0 Å². The van der Waals surface area contributed by atoms with Gasteiger partial charge in [-0.3, -0.25) is 14.9 Å². The molecule has 2 amide bonds. The van der Waals surface area contributed by atoms with Crippen molar-refractivity contribution >= 4 is 34.8 Å². The molecule has 6 heteroatoms. The Morgan fingerprint density at radius 2 is 2.00 bits per heavy atom.